The van der Waals surface area contributed by atoms with Crippen molar-refractivity contribution >= 4 is 0 Å². The van der Waals surface area contributed by atoms with E-state index in [1.54, 1.807) is 0 Å². The number of allylic oxidation sites excluding steroid dienone is 2. The van der Waals surface area contributed by atoms with Crippen LogP contribution in [0.4, 0.5) is 8.78 Å². The van der Waals surface area contributed by atoms with E-state index < -0.39 is 12.0 Å². The molecule has 11 heavy (non-hydrogen) atoms. The molecule has 0 aromatic carbocycles. The molecule has 1 nitrogen and oxygen atoms in total. The third-order valence-electron chi connectivity index (χ3n) is 1.90. The van der Waals surface area contributed by atoms with Gasteiger partial charge in [0.2, 0.25) is 0 Å². The highest BCUT2D eigenvalue weighted by atomic mass is 19.3. The summed E-state index contributed by atoms with van der Waals surface area (Å²) in [7, 11) is 0. The van der Waals surface area contributed by atoms with Crippen LogP contribution in [-0.2, 0) is 0 Å². The fraction of sp³-hybridized carbons (Fsp3) is 0.500. The molecule has 1 N–H and O–H groups in total. The molecule has 0 aliphatic heterocycles. The zero-order valence-electron chi connectivity index (χ0n) is 6.44. The second-order valence-corrected chi connectivity index (χ2v) is 2.79. The van der Waals surface area contributed by atoms with Crippen LogP contribution in [0.5, 0.6) is 0 Å². The summed E-state index contributed by atoms with van der Waals surface area (Å²) in [5.41, 5.74) is 0.219. The van der Waals surface area contributed by atoms with Gasteiger partial charge < -0.3 is 5.11 Å². The van der Waals surface area contributed by atoms with Crippen molar-refractivity contribution in [3.63, 3.8) is 0 Å². The molecule has 1 atom stereocenters. The average Bonchev–Trinajstić information content (AvgIpc) is 1.95. The Hall–Kier alpha value is -0.700. The highest BCUT2D eigenvalue weighted by molar-refractivity contribution is 5.32. The van der Waals surface area contributed by atoms with Crippen molar-refractivity contribution in [3.8, 4) is 0 Å². The summed E-state index contributed by atoms with van der Waals surface area (Å²) < 4.78 is 25.8. The monoisotopic (exact) mass is 160 g/mol. The molecule has 0 amide bonds. The zero-order chi connectivity index (χ0) is 8.65. The second-order valence-electron chi connectivity index (χ2n) is 2.79. The van der Waals surface area contributed by atoms with Crippen LogP contribution in [0.2, 0.25) is 0 Å². The highest BCUT2D eigenvalue weighted by Gasteiger charge is 2.42. The molecule has 3 heteroatoms. The van der Waals surface area contributed by atoms with E-state index in [-0.39, 0.29) is 5.57 Å². The summed E-state index contributed by atoms with van der Waals surface area (Å²) in [6, 6.07) is 0. The van der Waals surface area contributed by atoms with Gasteiger partial charge in [-0.05, 0) is 25.0 Å². The molecular formula is C8H10F2O. The SMILES string of the molecule is CC1=CC=C(C)C(F)(F)C1O. The van der Waals surface area contributed by atoms with E-state index in [1.165, 1.54) is 26.0 Å². The molecule has 1 rings (SSSR count). The maximum atomic E-state index is 12.9. The van der Waals surface area contributed by atoms with Crippen LogP contribution < -0.4 is 0 Å². The molecule has 0 aromatic rings. The summed E-state index contributed by atoms with van der Waals surface area (Å²) in [5, 5.41) is 9.02. The number of hydrogen-bond acceptors (Lipinski definition) is 1. The van der Waals surface area contributed by atoms with Gasteiger partial charge in [-0.2, -0.15) is 8.78 Å². The Morgan fingerprint density at radius 1 is 1.36 bits per heavy atom. The van der Waals surface area contributed by atoms with Gasteiger partial charge >= 0.3 is 0 Å². The first kappa shape index (κ1) is 8.40. The van der Waals surface area contributed by atoms with Crippen LogP contribution in [0.25, 0.3) is 0 Å². The first-order chi connectivity index (χ1) is 4.96. The van der Waals surface area contributed by atoms with Gasteiger partial charge in [-0.15, -0.1) is 0 Å². The first-order valence-electron chi connectivity index (χ1n) is 3.37. The van der Waals surface area contributed by atoms with Gasteiger partial charge in [0.15, 0.2) is 0 Å². The highest BCUT2D eigenvalue weighted by Crippen LogP contribution is 2.34. The Morgan fingerprint density at radius 3 is 2.36 bits per heavy atom. The van der Waals surface area contributed by atoms with Crippen LogP contribution in [-0.4, -0.2) is 17.1 Å². The number of aliphatic hydroxyl groups is 1. The molecular weight excluding hydrogens is 150 g/mol. The van der Waals surface area contributed by atoms with Gasteiger partial charge in [-0.25, -0.2) is 0 Å². The van der Waals surface area contributed by atoms with Crippen LogP contribution in [0.3, 0.4) is 0 Å². The van der Waals surface area contributed by atoms with Gasteiger partial charge in [0.1, 0.15) is 6.10 Å². The third kappa shape index (κ3) is 1.20. The minimum Gasteiger partial charge on any atom is -0.382 e. The van der Waals surface area contributed by atoms with E-state index in [4.69, 9.17) is 5.11 Å². The lowest BCUT2D eigenvalue weighted by atomic mass is 9.94. The molecule has 0 radical (unpaired) electrons. The van der Waals surface area contributed by atoms with Crippen molar-refractivity contribution in [1.82, 2.24) is 0 Å². The fourth-order valence-corrected chi connectivity index (χ4v) is 0.960. The van der Waals surface area contributed by atoms with E-state index in [1.807, 2.05) is 0 Å². The summed E-state index contributed by atoms with van der Waals surface area (Å²) in [6.45, 7) is 2.80. The zero-order valence-corrected chi connectivity index (χ0v) is 6.44. The van der Waals surface area contributed by atoms with Gasteiger partial charge in [0, 0.05) is 0 Å². The summed E-state index contributed by atoms with van der Waals surface area (Å²) in [5.74, 6) is -3.08. The quantitative estimate of drug-likeness (QED) is 0.573. The first-order valence-corrected chi connectivity index (χ1v) is 3.37. The maximum Gasteiger partial charge on any atom is 0.298 e. The predicted molar refractivity (Wildman–Crippen MR) is 38.5 cm³/mol. The largest absolute Gasteiger partial charge is 0.382 e. The van der Waals surface area contributed by atoms with E-state index >= 15 is 0 Å². The van der Waals surface area contributed by atoms with Crippen molar-refractivity contribution in [2.24, 2.45) is 0 Å². The van der Waals surface area contributed by atoms with E-state index in [0.717, 1.165) is 0 Å². The van der Waals surface area contributed by atoms with Crippen molar-refractivity contribution < 1.29 is 13.9 Å². The Bertz CT molecular complexity index is 228. The number of rotatable bonds is 0. The topological polar surface area (TPSA) is 20.2 Å². The lowest BCUT2D eigenvalue weighted by Gasteiger charge is -2.26. The van der Waals surface area contributed by atoms with E-state index in [9.17, 15) is 8.78 Å². The molecule has 0 spiro atoms. The van der Waals surface area contributed by atoms with Crippen LogP contribution in [0, 0.1) is 0 Å². The molecule has 1 aliphatic rings. The maximum absolute atomic E-state index is 12.9. The lowest BCUT2D eigenvalue weighted by molar-refractivity contribution is -0.0616. The van der Waals surface area contributed by atoms with Gasteiger partial charge in [-0.1, -0.05) is 12.2 Å². The van der Waals surface area contributed by atoms with Crippen LogP contribution in [0.15, 0.2) is 23.3 Å². The van der Waals surface area contributed by atoms with Crippen LogP contribution >= 0.6 is 0 Å². The second kappa shape index (κ2) is 2.41. The molecule has 1 aliphatic carbocycles. The molecule has 1 unspecified atom stereocenters. The summed E-state index contributed by atoms with van der Waals surface area (Å²) >= 11 is 0. The standard InChI is InChI=1S/C8H10F2O/c1-5-3-4-6(2)8(9,10)7(5)11/h3-4,7,11H,1-2H3. The van der Waals surface area contributed by atoms with Gasteiger partial charge in [0.25, 0.3) is 5.92 Å². The molecule has 0 fully saturated rings. The van der Waals surface area contributed by atoms with Crippen molar-refractivity contribution in [3.05, 3.63) is 23.3 Å². The third-order valence-corrected chi connectivity index (χ3v) is 1.90. The Morgan fingerprint density at radius 2 is 1.91 bits per heavy atom. The van der Waals surface area contributed by atoms with E-state index in [0.29, 0.717) is 5.57 Å². The van der Waals surface area contributed by atoms with Crippen molar-refractivity contribution in [2.45, 2.75) is 25.9 Å². The minimum atomic E-state index is -3.08. The fourth-order valence-electron chi connectivity index (χ4n) is 0.960. The smallest absolute Gasteiger partial charge is 0.298 e. The number of hydrogen-bond donors (Lipinski definition) is 1. The molecule has 0 saturated carbocycles. The number of halogens is 2. The molecule has 0 aromatic heterocycles. The average molecular weight is 160 g/mol. The summed E-state index contributed by atoms with van der Waals surface area (Å²) in [4.78, 5) is 0. The van der Waals surface area contributed by atoms with Crippen molar-refractivity contribution in [1.29, 1.82) is 0 Å². The molecule has 0 bridgehead atoms. The van der Waals surface area contributed by atoms with Gasteiger partial charge in [-0.3, -0.25) is 0 Å². The lowest BCUT2D eigenvalue weighted by Crippen LogP contribution is -2.37. The van der Waals surface area contributed by atoms with Gasteiger partial charge in [0.05, 0.1) is 0 Å². The Labute approximate surface area is 64.0 Å². The summed E-state index contributed by atoms with van der Waals surface area (Å²) in [6.07, 6.45) is 1.20. The predicted octanol–water partition coefficient (Wildman–Crippen LogP) is 1.89. The molecule has 0 heterocycles. The number of aliphatic hydroxyl groups excluding tert-OH is 1. The van der Waals surface area contributed by atoms with E-state index in [2.05, 4.69) is 0 Å². The Kier molecular flexibility index (Phi) is 1.84. The van der Waals surface area contributed by atoms with Crippen LogP contribution in [0.1, 0.15) is 13.8 Å². The number of alkyl halides is 2. The molecule has 0 saturated heterocycles. The Balaban J connectivity index is 3.03. The molecule has 62 valence electrons. The normalized spacial score (nSPS) is 29.4. The minimum absolute atomic E-state index is 0.0874. The van der Waals surface area contributed by atoms with Crippen molar-refractivity contribution in [2.75, 3.05) is 0 Å².